The van der Waals surface area contributed by atoms with Crippen molar-refractivity contribution < 1.29 is 14.1 Å². The van der Waals surface area contributed by atoms with Crippen LogP contribution in [0.15, 0.2) is 18.2 Å². The molecule has 0 aromatic heterocycles. The second-order valence-electron chi connectivity index (χ2n) is 5.22. The van der Waals surface area contributed by atoms with E-state index < -0.39 is 16.4 Å². The van der Waals surface area contributed by atoms with E-state index in [0.29, 0.717) is 18.5 Å². The number of halogens is 1. The highest BCUT2D eigenvalue weighted by Crippen LogP contribution is 2.24. The second kappa shape index (κ2) is 6.09. The molecule has 0 N–H and O–H groups in total. The van der Waals surface area contributed by atoms with E-state index in [1.165, 1.54) is 12.1 Å². The summed E-state index contributed by atoms with van der Waals surface area (Å²) in [5.41, 5.74) is 0.194. The topological polar surface area (TPSA) is 63.5 Å². The van der Waals surface area contributed by atoms with Crippen LogP contribution in [-0.2, 0) is 11.3 Å². The first-order valence-electron chi connectivity index (χ1n) is 6.63. The molecule has 1 fully saturated rings. The van der Waals surface area contributed by atoms with E-state index in [4.69, 9.17) is 0 Å². The van der Waals surface area contributed by atoms with E-state index >= 15 is 0 Å². The highest BCUT2D eigenvalue weighted by Gasteiger charge is 2.26. The summed E-state index contributed by atoms with van der Waals surface area (Å²) in [6.45, 7) is 2.96. The number of likely N-dealkylation sites (tertiary alicyclic amines) is 1. The monoisotopic (exact) mass is 280 g/mol. The molecule has 0 amide bonds. The summed E-state index contributed by atoms with van der Waals surface area (Å²) >= 11 is 0. The average Bonchev–Trinajstić information content (AvgIpc) is 2.75. The lowest BCUT2D eigenvalue weighted by molar-refractivity contribution is -0.387. The Labute approximate surface area is 116 Å². The molecule has 1 aliphatic rings. The average molecular weight is 280 g/mol. The van der Waals surface area contributed by atoms with Crippen molar-refractivity contribution in [2.24, 2.45) is 0 Å². The van der Waals surface area contributed by atoms with Gasteiger partial charge in [-0.25, -0.2) is 0 Å². The maximum atomic E-state index is 13.6. The number of nitrogens with zero attached hydrogens (tertiary/aromatic N) is 2. The number of ketones is 1. The van der Waals surface area contributed by atoms with Crippen molar-refractivity contribution in [1.29, 1.82) is 0 Å². The van der Waals surface area contributed by atoms with Gasteiger partial charge in [0.05, 0.1) is 4.92 Å². The van der Waals surface area contributed by atoms with Gasteiger partial charge in [0, 0.05) is 25.1 Å². The van der Waals surface area contributed by atoms with Crippen molar-refractivity contribution in [1.82, 2.24) is 4.90 Å². The van der Waals surface area contributed by atoms with Gasteiger partial charge in [-0.05, 0) is 37.9 Å². The Balaban J connectivity index is 2.07. The zero-order valence-electron chi connectivity index (χ0n) is 11.3. The molecule has 5 nitrogen and oxygen atoms in total. The van der Waals surface area contributed by atoms with Crippen LogP contribution in [0.2, 0.25) is 0 Å². The van der Waals surface area contributed by atoms with E-state index in [-0.39, 0.29) is 11.8 Å². The van der Waals surface area contributed by atoms with Gasteiger partial charge in [0.25, 0.3) is 0 Å². The molecule has 1 saturated heterocycles. The molecule has 6 heteroatoms. The number of benzene rings is 1. The molecule has 1 atom stereocenters. The number of nitro groups is 1. The quantitative estimate of drug-likeness (QED) is 0.614. The van der Waals surface area contributed by atoms with Crippen LogP contribution in [0.1, 0.15) is 31.7 Å². The summed E-state index contributed by atoms with van der Waals surface area (Å²) in [6, 6.07) is 4.18. The number of hydrogen-bond acceptors (Lipinski definition) is 4. The standard InChI is InChI=1S/C14H17FN2O3/c1-10(18)7-12-3-2-6-16(12)9-11-4-5-14(17(19)20)13(15)8-11/h4-5,8,12H,2-3,6-7,9H2,1H3. The van der Waals surface area contributed by atoms with Crippen LogP contribution in [0.4, 0.5) is 10.1 Å². The van der Waals surface area contributed by atoms with Crippen molar-refractivity contribution in [2.45, 2.75) is 38.8 Å². The zero-order chi connectivity index (χ0) is 14.7. The molecular weight excluding hydrogens is 263 g/mol. The predicted molar refractivity (Wildman–Crippen MR) is 71.8 cm³/mol. The van der Waals surface area contributed by atoms with Crippen molar-refractivity contribution in [3.05, 3.63) is 39.7 Å². The number of carbonyl (C=O) groups is 1. The summed E-state index contributed by atoms with van der Waals surface area (Å²) in [5.74, 6) is -0.661. The van der Waals surface area contributed by atoms with E-state index in [1.807, 2.05) is 0 Å². The van der Waals surface area contributed by atoms with Crippen LogP contribution in [-0.4, -0.2) is 28.2 Å². The Morgan fingerprint density at radius 1 is 1.55 bits per heavy atom. The number of nitro benzene ring substituents is 1. The van der Waals surface area contributed by atoms with E-state index in [2.05, 4.69) is 4.90 Å². The fourth-order valence-corrected chi connectivity index (χ4v) is 2.70. The molecule has 108 valence electrons. The van der Waals surface area contributed by atoms with Crippen LogP contribution in [0.5, 0.6) is 0 Å². The first-order chi connectivity index (χ1) is 9.47. The second-order valence-corrected chi connectivity index (χ2v) is 5.22. The van der Waals surface area contributed by atoms with E-state index in [1.54, 1.807) is 13.0 Å². The van der Waals surface area contributed by atoms with Crippen molar-refractivity contribution in [3.8, 4) is 0 Å². The van der Waals surface area contributed by atoms with Crippen LogP contribution < -0.4 is 0 Å². The maximum Gasteiger partial charge on any atom is 0.304 e. The number of Topliss-reactive ketones (excluding diaryl/α,β-unsaturated/α-hetero) is 1. The van der Waals surface area contributed by atoms with Gasteiger partial charge < -0.3 is 0 Å². The van der Waals surface area contributed by atoms with Crippen LogP contribution in [0.25, 0.3) is 0 Å². The minimum Gasteiger partial charge on any atom is -0.300 e. The number of rotatable bonds is 5. The van der Waals surface area contributed by atoms with Gasteiger partial charge in [0.15, 0.2) is 0 Å². The molecule has 1 aliphatic heterocycles. The van der Waals surface area contributed by atoms with Gasteiger partial charge in [-0.3, -0.25) is 19.8 Å². The summed E-state index contributed by atoms with van der Waals surface area (Å²) in [4.78, 5) is 23.2. The van der Waals surface area contributed by atoms with Gasteiger partial charge in [0.1, 0.15) is 5.78 Å². The molecule has 1 unspecified atom stereocenters. The Hall–Kier alpha value is -1.82. The molecule has 0 radical (unpaired) electrons. The molecule has 0 bridgehead atoms. The van der Waals surface area contributed by atoms with E-state index in [9.17, 15) is 19.3 Å². The van der Waals surface area contributed by atoms with Crippen LogP contribution >= 0.6 is 0 Å². The molecule has 0 saturated carbocycles. The lowest BCUT2D eigenvalue weighted by Gasteiger charge is -2.23. The van der Waals surface area contributed by atoms with Crippen molar-refractivity contribution >= 4 is 11.5 Å². The predicted octanol–water partition coefficient (Wildman–Crippen LogP) is 2.68. The normalized spacial score (nSPS) is 19.2. The van der Waals surface area contributed by atoms with E-state index in [0.717, 1.165) is 19.4 Å². The highest BCUT2D eigenvalue weighted by molar-refractivity contribution is 5.76. The molecule has 0 spiro atoms. The summed E-state index contributed by atoms with van der Waals surface area (Å²) in [5, 5.41) is 10.6. The zero-order valence-corrected chi connectivity index (χ0v) is 11.3. The molecule has 1 aromatic rings. The van der Waals surface area contributed by atoms with Gasteiger partial charge >= 0.3 is 5.69 Å². The Bertz CT molecular complexity index is 533. The summed E-state index contributed by atoms with van der Waals surface area (Å²) in [7, 11) is 0. The summed E-state index contributed by atoms with van der Waals surface area (Å²) < 4.78 is 13.6. The first-order valence-corrected chi connectivity index (χ1v) is 6.63. The fourth-order valence-electron chi connectivity index (χ4n) is 2.70. The van der Waals surface area contributed by atoms with Crippen LogP contribution in [0.3, 0.4) is 0 Å². The highest BCUT2D eigenvalue weighted by atomic mass is 19.1. The molecule has 0 aliphatic carbocycles. The SMILES string of the molecule is CC(=O)CC1CCCN1Cc1ccc([N+](=O)[O-])c(F)c1. The minimum atomic E-state index is -0.810. The minimum absolute atomic E-state index is 0.150. The van der Waals surface area contributed by atoms with Gasteiger partial charge in [-0.15, -0.1) is 0 Å². The Kier molecular flexibility index (Phi) is 4.44. The molecular formula is C14H17FN2O3. The van der Waals surface area contributed by atoms with Gasteiger partial charge in [0.2, 0.25) is 5.82 Å². The lowest BCUT2D eigenvalue weighted by Crippen LogP contribution is -2.30. The van der Waals surface area contributed by atoms with Crippen LogP contribution in [0, 0.1) is 15.9 Å². The molecule has 1 aromatic carbocycles. The summed E-state index contributed by atoms with van der Waals surface area (Å²) in [6.07, 6.45) is 2.50. The molecule has 2 rings (SSSR count). The molecule has 1 heterocycles. The van der Waals surface area contributed by atoms with Gasteiger partial charge in [-0.2, -0.15) is 4.39 Å². The Morgan fingerprint density at radius 2 is 2.30 bits per heavy atom. The third-order valence-corrected chi connectivity index (χ3v) is 3.62. The largest absolute Gasteiger partial charge is 0.304 e. The Morgan fingerprint density at radius 3 is 2.90 bits per heavy atom. The first kappa shape index (κ1) is 14.6. The van der Waals surface area contributed by atoms with Crippen molar-refractivity contribution in [2.75, 3.05) is 6.54 Å². The van der Waals surface area contributed by atoms with Gasteiger partial charge in [-0.1, -0.05) is 6.07 Å². The number of carbonyl (C=O) groups excluding carboxylic acids is 1. The lowest BCUT2D eigenvalue weighted by atomic mass is 10.1. The molecule has 20 heavy (non-hydrogen) atoms. The third-order valence-electron chi connectivity index (χ3n) is 3.62. The number of hydrogen-bond donors (Lipinski definition) is 0. The fraction of sp³-hybridized carbons (Fsp3) is 0.500. The van der Waals surface area contributed by atoms with Crippen molar-refractivity contribution in [3.63, 3.8) is 0 Å². The maximum absolute atomic E-state index is 13.6. The smallest absolute Gasteiger partial charge is 0.300 e. The third kappa shape index (κ3) is 3.39.